The SMILES string of the molecule is COc1ccc(C2CCOCC2)cc1CC(C)(C)C(=O)O. The number of ether oxygens (including phenoxy) is 2. The van der Waals surface area contributed by atoms with E-state index in [0.29, 0.717) is 12.3 Å². The van der Waals surface area contributed by atoms with E-state index in [2.05, 4.69) is 12.1 Å². The Kier molecular flexibility index (Phi) is 4.88. The van der Waals surface area contributed by atoms with Crippen LogP contribution in [0.3, 0.4) is 0 Å². The van der Waals surface area contributed by atoms with Crippen LogP contribution in [0.4, 0.5) is 0 Å². The summed E-state index contributed by atoms with van der Waals surface area (Å²) in [6.07, 6.45) is 2.50. The summed E-state index contributed by atoms with van der Waals surface area (Å²) in [5.41, 5.74) is 1.42. The number of hydrogen-bond donors (Lipinski definition) is 1. The number of aliphatic carboxylic acids is 1. The molecule has 0 saturated carbocycles. The van der Waals surface area contributed by atoms with Gasteiger partial charge in [-0.05, 0) is 56.2 Å². The monoisotopic (exact) mass is 292 g/mol. The van der Waals surface area contributed by atoms with Gasteiger partial charge in [0.25, 0.3) is 0 Å². The quantitative estimate of drug-likeness (QED) is 0.905. The van der Waals surface area contributed by atoms with Crippen LogP contribution in [0.15, 0.2) is 18.2 Å². The highest BCUT2D eigenvalue weighted by molar-refractivity contribution is 5.74. The van der Waals surface area contributed by atoms with Crippen molar-refractivity contribution in [1.82, 2.24) is 0 Å². The van der Waals surface area contributed by atoms with Crippen molar-refractivity contribution in [3.05, 3.63) is 29.3 Å². The van der Waals surface area contributed by atoms with Gasteiger partial charge in [-0.3, -0.25) is 4.79 Å². The van der Waals surface area contributed by atoms with E-state index in [1.165, 1.54) is 5.56 Å². The van der Waals surface area contributed by atoms with E-state index in [9.17, 15) is 9.90 Å². The van der Waals surface area contributed by atoms with Gasteiger partial charge in [-0.25, -0.2) is 0 Å². The lowest BCUT2D eigenvalue weighted by Crippen LogP contribution is -2.26. The van der Waals surface area contributed by atoms with Crippen LogP contribution >= 0.6 is 0 Å². The van der Waals surface area contributed by atoms with E-state index in [1.54, 1.807) is 21.0 Å². The van der Waals surface area contributed by atoms with Gasteiger partial charge in [0.2, 0.25) is 0 Å². The fourth-order valence-corrected chi connectivity index (χ4v) is 2.77. The lowest BCUT2D eigenvalue weighted by Gasteiger charge is -2.25. The van der Waals surface area contributed by atoms with E-state index in [1.807, 2.05) is 6.07 Å². The van der Waals surface area contributed by atoms with Crippen LogP contribution in [0, 0.1) is 5.41 Å². The topological polar surface area (TPSA) is 55.8 Å². The highest BCUT2D eigenvalue weighted by Gasteiger charge is 2.29. The summed E-state index contributed by atoms with van der Waals surface area (Å²) in [5.74, 6) is 0.470. The molecule has 21 heavy (non-hydrogen) atoms. The second kappa shape index (κ2) is 6.48. The standard InChI is InChI=1S/C17H24O4/c1-17(2,16(18)19)11-14-10-13(4-5-15(14)20-3)12-6-8-21-9-7-12/h4-5,10,12H,6-9,11H2,1-3H3,(H,18,19). The first-order valence-corrected chi connectivity index (χ1v) is 7.42. The Bertz CT molecular complexity index is 502. The second-order valence-corrected chi connectivity index (χ2v) is 6.32. The normalized spacial score (nSPS) is 16.7. The van der Waals surface area contributed by atoms with E-state index in [0.717, 1.165) is 37.4 Å². The van der Waals surface area contributed by atoms with E-state index >= 15 is 0 Å². The number of carboxylic acids is 1. The Hall–Kier alpha value is -1.55. The van der Waals surface area contributed by atoms with Crippen LogP contribution < -0.4 is 4.74 Å². The summed E-state index contributed by atoms with van der Waals surface area (Å²) < 4.78 is 10.8. The van der Waals surface area contributed by atoms with Gasteiger partial charge < -0.3 is 14.6 Å². The van der Waals surface area contributed by atoms with Crippen LogP contribution in [0.1, 0.15) is 43.7 Å². The van der Waals surface area contributed by atoms with Crippen molar-refractivity contribution < 1.29 is 19.4 Å². The highest BCUT2D eigenvalue weighted by Crippen LogP contribution is 2.33. The highest BCUT2D eigenvalue weighted by atomic mass is 16.5. The number of methoxy groups -OCH3 is 1. The van der Waals surface area contributed by atoms with Crippen molar-refractivity contribution >= 4 is 5.97 Å². The molecule has 0 aromatic heterocycles. The zero-order valence-corrected chi connectivity index (χ0v) is 13.0. The molecule has 1 aliphatic rings. The largest absolute Gasteiger partial charge is 0.496 e. The first kappa shape index (κ1) is 15.8. The summed E-state index contributed by atoms with van der Waals surface area (Å²) >= 11 is 0. The van der Waals surface area contributed by atoms with Gasteiger partial charge in [-0.2, -0.15) is 0 Å². The maximum Gasteiger partial charge on any atom is 0.309 e. The average molecular weight is 292 g/mol. The average Bonchev–Trinajstić information content (AvgIpc) is 2.47. The van der Waals surface area contributed by atoms with Crippen molar-refractivity contribution in [1.29, 1.82) is 0 Å². The minimum absolute atomic E-state index is 0.461. The Morgan fingerprint density at radius 3 is 2.62 bits per heavy atom. The van der Waals surface area contributed by atoms with Crippen molar-refractivity contribution in [2.75, 3.05) is 20.3 Å². The molecule has 0 atom stereocenters. The first-order chi connectivity index (χ1) is 9.94. The van der Waals surface area contributed by atoms with Crippen LogP contribution in [0.2, 0.25) is 0 Å². The third kappa shape index (κ3) is 3.76. The molecule has 1 N–H and O–H groups in total. The van der Waals surface area contributed by atoms with E-state index < -0.39 is 11.4 Å². The third-order valence-electron chi connectivity index (χ3n) is 4.21. The van der Waals surface area contributed by atoms with Crippen molar-refractivity contribution in [2.45, 2.75) is 39.0 Å². The molecule has 1 fully saturated rings. The molecule has 0 unspecified atom stereocenters. The smallest absolute Gasteiger partial charge is 0.309 e. The number of carboxylic acid groups (broad SMARTS) is 1. The Morgan fingerprint density at radius 2 is 2.05 bits per heavy atom. The van der Waals surface area contributed by atoms with Crippen molar-refractivity contribution in [3.8, 4) is 5.75 Å². The van der Waals surface area contributed by atoms with E-state index in [4.69, 9.17) is 9.47 Å². The number of rotatable bonds is 5. The maximum absolute atomic E-state index is 11.4. The van der Waals surface area contributed by atoms with E-state index in [-0.39, 0.29) is 0 Å². The van der Waals surface area contributed by atoms with Gasteiger partial charge in [0.05, 0.1) is 12.5 Å². The maximum atomic E-state index is 11.4. The van der Waals surface area contributed by atoms with Gasteiger partial charge in [0.15, 0.2) is 0 Å². The molecule has 0 aliphatic carbocycles. The molecule has 1 aromatic carbocycles. The molecule has 0 amide bonds. The van der Waals surface area contributed by atoms with Crippen molar-refractivity contribution in [2.24, 2.45) is 5.41 Å². The van der Waals surface area contributed by atoms with Crippen LogP contribution in [-0.4, -0.2) is 31.4 Å². The predicted octanol–water partition coefficient (Wildman–Crippen LogP) is 3.24. The molecule has 1 aliphatic heterocycles. The fourth-order valence-electron chi connectivity index (χ4n) is 2.77. The molecule has 0 bridgehead atoms. The summed E-state index contributed by atoms with van der Waals surface area (Å²) in [6, 6.07) is 6.16. The Morgan fingerprint density at radius 1 is 1.38 bits per heavy atom. The van der Waals surface area contributed by atoms with Gasteiger partial charge in [0.1, 0.15) is 5.75 Å². The number of hydrogen-bond acceptors (Lipinski definition) is 3. The zero-order valence-electron chi connectivity index (χ0n) is 13.0. The van der Waals surface area contributed by atoms with Gasteiger partial charge in [-0.15, -0.1) is 0 Å². The minimum atomic E-state index is -0.804. The minimum Gasteiger partial charge on any atom is -0.496 e. The molecule has 116 valence electrons. The van der Waals surface area contributed by atoms with Gasteiger partial charge >= 0.3 is 5.97 Å². The summed E-state index contributed by atoms with van der Waals surface area (Å²) in [6.45, 7) is 5.09. The molecule has 0 spiro atoms. The summed E-state index contributed by atoms with van der Waals surface area (Å²) in [5, 5.41) is 9.33. The zero-order chi connectivity index (χ0) is 15.5. The summed E-state index contributed by atoms with van der Waals surface area (Å²) in [4.78, 5) is 11.4. The van der Waals surface area contributed by atoms with Crippen molar-refractivity contribution in [3.63, 3.8) is 0 Å². The lowest BCUT2D eigenvalue weighted by molar-refractivity contribution is -0.146. The third-order valence-corrected chi connectivity index (χ3v) is 4.21. The van der Waals surface area contributed by atoms with Crippen LogP contribution in [0.5, 0.6) is 5.75 Å². The molecule has 4 nitrogen and oxygen atoms in total. The predicted molar refractivity (Wildman–Crippen MR) is 80.9 cm³/mol. The summed E-state index contributed by atoms with van der Waals surface area (Å²) in [7, 11) is 1.63. The molecule has 1 heterocycles. The van der Waals surface area contributed by atoms with Gasteiger partial charge in [-0.1, -0.05) is 12.1 Å². The van der Waals surface area contributed by atoms with Gasteiger partial charge in [0, 0.05) is 13.2 Å². The number of benzene rings is 1. The Balaban J connectivity index is 2.27. The van der Waals surface area contributed by atoms with Crippen LogP contribution in [-0.2, 0) is 16.0 Å². The molecule has 1 saturated heterocycles. The molecule has 1 aromatic rings. The molecule has 0 radical (unpaired) electrons. The molecular formula is C17H24O4. The Labute approximate surface area is 126 Å². The second-order valence-electron chi connectivity index (χ2n) is 6.32. The molecule has 2 rings (SSSR count). The van der Waals surface area contributed by atoms with Crippen LogP contribution in [0.25, 0.3) is 0 Å². The fraction of sp³-hybridized carbons (Fsp3) is 0.588. The lowest BCUT2D eigenvalue weighted by atomic mass is 9.83. The molecular weight excluding hydrogens is 268 g/mol. The number of carbonyl (C=O) groups is 1. The first-order valence-electron chi connectivity index (χ1n) is 7.42. The molecule has 4 heteroatoms.